The molecule has 0 aliphatic carbocycles. The Morgan fingerprint density at radius 1 is 1.21 bits per heavy atom. The van der Waals surface area contributed by atoms with Gasteiger partial charge in [-0.05, 0) is 37.1 Å². The summed E-state index contributed by atoms with van der Waals surface area (Å²) in [6.45, 7) is 1.61. The molecule has 28 heavy (non-hydrogen) atoms. The SMILES string of the molecule is COc1ccc(NC(=O)[C@H]2CC(=O)Nc3nc(N4CCCC4)[nH]c(=O)c32)cc1. The zero-order valence-electron chi connectivity index (χ0n) is 15.4. The molecule has 0 spiro atoms. The smallest absolute Gasteiger partial charge is 0.258 e. The second-order valence-electron chi connectivity index (χ2n) is 6.87. The van der Waals surface area contributed by atoms with E-state index in [1.54, 1.807) is 31.4 Å². The largest absolute Gasteiger partial charge is 0.497 e. The Hall–Kier alpha value is -3.36. The summed E-state index contributed by atoms with van der Waals surface area (Å²) in [6, 6.07) is 6.82. The lowest BCUT2D eigenvalue weighted by molar-refractivity contribution is -0.123. The monoisotopic (exact) mass is 383 g/mol. The minimum Gasteiger partial charge on any atom is -0.497 e. The Morgan fingerprint density at radius 3 is 2.61 bits per heavy atom. The summed E-state index contributed by atoms with van der Waals surface area (Å²) < 4.78 is 5.10. The van der Waals surface area contributed by atoms with Crippen LogP contribution in [-0.4, -0.2) is 42.0 Å². The van der Waals surface area contributed by atoms with Crippen LogP contribution in [0.3, 0.4) is 0 Å². The van der Waals surface area contributed by atoms with Crippen LogP contribution < -0.4 is 25.8 Å². The molecule has 1 saturated heterocycles. The van der Waals surface area contributed by atoms with E-state index in [4.69, 9.17) is 4.74 Å². The minimum absolute atomic E-state index is 0.108. The summed E-state index contributed by atoms with van der Waals surface area (Å²) in [5.41, 5.74) is 0.340. The molecule has 3 heterocycles. The highest BCUT2D eigenvalue weighted by molar-refractivity contribution is 6.04. The molecule has 0 unspecified atom stereocenters. The van der Waals surface area contributed by atoms with Gasteiger partial charge in [0.25, 0.3) is 5.56 Å². The Morgan fingerprint density at radius 2 is 1.93 bits per heavy atom. The third-order valence-electron chi connectivity index (χ3n) is 5.02. The molecule has 9 heteroatoms. The third-order valence-corrected chi connectivity index (χ3v) is 5.02. The van der Waals surface area contributed by atoms with Crippen molar-refractivity contribution in [3.63, 3.8) is 0 Å². The number of aromatic nitrogens is 2. The third kappa shape index (κ3) is 3.42. The maximum Gasteiger partial charge on any atom is 0.258 e. The quantitative estimate of drug-likeness (QED) is 0.736. The second kappa shape index (κ2) is 7.34. The van der Waals surface area contributed by atoms with E-state index in [-0.39, 0.29) is 23.7 Å². The number of carbonyl (C=O) groups is 2. The standard InChI is InChI=1S/C19H21N5O4/c1-28-12-6-4-11(5-7-12)20-17(26)13-10-14(25)21-16-15(13)18(27)23-19(22-16)24-8-2-3-9-24/h4-7,13H,2-3,8-10H2,1H3,(H,20,26)(H2,21,22,23,25,27)/t13-/m0/s1. The van der Waals surface area contributed by atoms with Gasteiger partial charge in [0, 0.05) is 25.2 Å². The number of nitrogens with zero attached hydrogens (tertiary/aromatic N) is 2. The van der Waals surface area contributed by atoms with Gasteiger partial charge in [-0.2, -0.15) is 4.98 Å². The van der Waals surface area contributed by atoms with Gasteiger partial charge in [-0.15, -0.1) is 0 Å². The van der Waals surface area contributed by atoms with Crippen LogP contribution in [0, 0.1) is 0 Å². The van der Waals surface area contributed by atoms with Crippen molar-refractivity contribution in [1.29, 1.82) is 0 Å². The molecule has 3 N–H and O–H groups in total. The number of carbonyl (C=O) groups excluding carboxylic acids is 2. The Bertz CT molecular complexity index is 963. The van der Waals surface area contributed by atoms with Crippen molar-refractivity contribution in [2.75, 3.05) is 35.7 Å². The second-order valence-corrected chi connectivity index (χ2v) is 6.87. The van der Waals surface area contributed by atoms with E-state index in [1.807, 2.05) is 4.90 Å². The van der Waals surface area contributed by atoms with E-state index in [2.05, 4.69) is 20.6 Å². The highest BCUT2D eigenvalue weighted by Crippen LogP contribution is 2.30. The van der Waals surface area contributed by atoms with E-state index in [9.17, 15) is 14.4 Å². The first-order valence-electron chi connectivity index (χ1n) is 9.19. The lowest BCUT2D eigenvalue weighted by Crippen LogP contribution is -2.37. The van der Waals surface area contributed by atoms with E-state index >= 15 is 0 Å². The fourth-order valence-electron chi connectivity index (χ4n) is 3.57. The molecule has 1 aromatic carbocycles. The van der Waals surface area contributed by atoms with Crippen molar-refractivity contribution < 1.29 is 14.3 Å². The van der Waals surface area contributed by atoms with Crippen LogP contribution in [0.25, 0.3) is 0 Å². The Balaban J connectivity index is 1.62. The number of ether oxygens (including phenoxy) is 1. The first kappa shape index (κ1) is 18.0. The van der Waals surface area contributed by atoms with Crippen LogP contribution >= 0.6 is 0 Å². The molecule has 146 valence electrons. The van der Waals surface area contributed by atoms with Gasteiger partial charge in [0.1, 0.15) is 11.6 Å². The number of H-pyrrole nitrogens is 1. The van der Waals surface area contributed by atoms with Crippen molar-refractivity contribution in [2.45, 2.75) is 25.2 Å². The zero-order chi connectivity index (χ0) is 19.7. The molecule has 2 amide bonds. The number of nitrogens with one attached hydrogen (secondary N) is 3. The number of aromatic amines is 1. The molecule has 1 fully saturated rings. The number of hydrogen-bond donors (Lipinski definition) is 3. The summed E-state index contributed by atoms with van der Waals surface area (Å²) in [7, 11) is 1.56. The van der Waals surface area contributed by atoms with Crippen molar-refractivity contribution in [3.8, 4) is 5.75 Å². The normalized spacial score (nSPS) is 18.4. The Labute approximate surface area is 161 Å². The van der Waals surface area contributed by atoms with Crippen LogP contribution in [0.2, 0.25) is 0 Å². The molecule has 2 aromatic rings. The van der Waals surface area contributed by atoms with Gasteiger partial charge in [0.15, 0.2) is 0 Å². The van der Waals surface area contributed by atoms with Crippen LogP contribution in [0.1, 0.15) is 30.7 Å². The summed E-state index contributed by atoms with van der Waals surface area (Å²) in [5.74, 6) is -0.421. The van der Waals surface area contributed by atoms with Crippen LogP contribution in [0.4, 0.5) is 17.5 Å². The number of hydrogen-bond acceptors (Lipinski definition) is 6. The van der Waals surface area contributed by atoms with E-state index < -0.39 is 17.4 Å². The van der Waals surface area contributed by atoms with Gasteiger partial charge in [0.05, 0.1) is 18.6 Å². The van der Waals surface area contributed by atoms with Crippen LogP contribution in [-0.2, 0) is 9.59 Å². The first-order valence-corrected chi connectivity index (χ1v) is 9.19. The summed E-state index contributed by atoms with van der Waals surface area (Å²) >= 11 is 0. The molecule has 0 radical (unpaired) electrons. The molecule has 1 atom stereocenters. The van der Waals surface area contributed by atoms with E-state index in [0.29, 0.717) is 17.4 Å². The number of rotatable bonds is 4. The number of methoxy groups -OCH3 is 1. The summed E-state index contributed by atoms with van der Waals surface area (Å²) in [4.78, 5) is 46.8. The predicted octanol–water partition coefficient (Wildman–Crippen LogP) is 1.44. The molecule has 2 aliphatic rings. The minimum atomic E-state index is -0.908. The zero-order valence-corrected chi connectivity index (χ0v) is 15.4. The van der Waals surface area contributed by atoms with Crippen molar-refractivity contribution in [2.24, 2.45) is 0 Å². The van der Waals surface area contributed by atoms with Gasteiger partial charge in [-0.1, -0.05) is 0 Å². The maximum atomic E-state index is 12.8. The molecule has 4 rings (SSSR count). The predicted molar refractivity (Wildman–Crippen MR) is 104 cm³/mol. The molecular weight excluding hydrogens is 362 g/mol. The highest BCUT2D eigenvalue weighted by atomic mass is 16.5. The number of amides is 2. The fraction of sp³-hybridized carbons (Fsp3) is 0.368. The maximum absolute atomic E-state index is 12.8. The van der Waals surface area contributed by atoms with Gasteiger partial charge in [-0.25, -0.2) is 0 Å². The van der Waals surface area contributed by atoms with Crippen molar-refractivity contribution >= 4 is 29.3 Å². The number of anilines is 3. The number of fused-ring (bicyclic) bond motifs is 1. The highest BCUT2D eigenvalue weighted by Gasteiger charge is 2.35. The van der Waals surface area contributed by atoms with Crippen LogP contribution in [0.5, 0.6) is 5.75 Å². The fourth-order valence-corrected chi connectivity index (χ4v) is 3.57. The lowest BCUT2D eigenvalue weighted by Gasteiger charge is -2.25. The summed E-state index contributed by atoms with van der Waals surface area (Å²) in [5, 5.41) is 5.39. The molecule has 9 nitrogen and oxygen atoms in total. The molecule has 2 aliphatic heterocycles. The van der Waals surface area contributed by atoms with Gasteiger partial charge >= 0.3 is 0 Å². The van der Waals surface area contributed by atoms with Gasteiger partial charge in [0.2, 0.25) is 17.8 Å². The Kier molecular flexibility index (Phi) is 4.72. The van der Waals surface area contributed by atoms with Crippen molar-refractivity contribution in [3.05, 3.63) is 40.2 Å². The molecule has 0 saturated carbocycles. The first-order chi connectivity index (χ1) is 13.5. The molecule has 0 bridgehead atoms. The van der Waals surface area contributed by atoms with Gasteiger partial charge in [-0.3, -0.25) is 19.4 Å². The van der Waals surface area contributed by atoms with Crippen molar-refractivity contribution in [1.82, 2.24) is 9.97 Å². The molecule has 1 aromatic heterocycles. The topological polar surface area (TPSA) is 116 Å². The lowest BCUT2D eigenvalue weighted by atomic mass is 9.92. The average Bonchev–Trinajstić information content (AvgIpc) is 3.22. The van der Waals surface area contributed by atoms with E-state index in [1.165, 1.54) is 0 Å². The molecular formula is C19H21N5O4. The summed E-state index contributed by atoms with van der Waals surface area (Å²) in [6.07, 6.45) is 1.95. The van der Waals surface area contributed by atoms with Crippen LogP contribution in [0.15, 0.2) is 29.1 Å². The van der Waals surface area contributed by atoms with Gasteiger partial charge < -0.3 is 20.3 Å². The van der Waals surface area contributed by atoms with E-state index in [0.717, 1.165) is 25.9 Å². The average molecular weight is 383 g/mol. The number of benzene rings is 1.